The number of aromatic amines is 1. The minimum Gasteiger partial charge on any atom is -0.346 e. The number of carbonyl (C=O) groups excluding carboxylic acids is 1. The van der Waals surface area contributed by atoms with Crippen LogP contribution in [0.3, 0.4) is 0 Å². The van der Waals surface area contributed by atoms with Crippen molar-refractivity contribution in [1.82, 2.24) is 24.9 Å². The summed E-state index contributed by atoms with van der Waals surface area (Å²) in [5.41, 5.74) is 4.54. The van der Waals surface area contributed by atoms with Crippen LogP contribution in [-0.2, 0) is 0 Å². The Bertz CT molecular complexity index is 1150. The van der Waals surface area contributed by atoms with Crippen LogP contribution in [-0.4, -0.2) is 31.2 Å². The van der Waals surface area contributed by atoms with E-state index in [0.717, 1.165) is 37.5 Å². The largest absolute Gasteiger partial charge is 0.346 e. The van der Waals surface area contributed by atoms with Gasteiger partial charge in [0.05, 0.1) is 5.39 Å². The number of halogens is 1. The van der Waals surface area contributed by atoms with Gasteiger partial charge in [0.15, 0.2) is 0 Å². The minimum atomic E-state index is -0.556. The number of amides is 1. The molecule has 1 aliphatic carbocycles. The zero-order valence-electron chi connectivity index (χ0n) is 15.9. The summed E-state index contributed by atoms with van der Waals surface area (Å²) in [5.74, 6) is 0.327. The molecule has 152 valence electrons. The van der Waals surface area contributed by atoms with E-state index < -0.39 is 5.66 Å². The van der Waals surface area contributed by atoms with Crippen LogP contribution < -0.4 is 21.6 Å². The maximum Gasteiger partial charge on any atom is 0.293 e. The Kier molecular flexibility index (Phi) is 4.70. The predicted octanol–water partition coefficient (Wildman–Crippen LogP) is 2.54. The van der Waals surface area contributed by atoms with Crippen molar-refractivity contribution in [2.45, 2.75) is 44.7 Å². The molecule has 2 aliphatic rings. The summed E-state index contributed by atoms with van der Waals surface area (Å²) in [7, 11) is 0. The molecule has 3 aromatic rings. The minimum absolute atomic E-state index is 0. The third kappa shape index (κ3) is 3.11. The van der Waals surface area contributed by atoms with Crippen molar-refractivity contribution in [1.29, 1.82) is 0 Å². The molecule has 1 spiro atoms. The third-order valence-corrected chi connectivity index (χ3v) is 5.60. The van der Waals surface area contributed by atoms with Crippen LogP contribution in [0.15, 0.2) is 29.5 Å². The molecule has 1 fully saturated rings. The molecule has 10 heteroatoms. The second-order valence-corrected chi connectivity index (χ2v) is 7.53. The van der Waals surface area contributed by atoms with E-state index in [9.17, 15) is 9.59 Å². The molecule has 1 saturated carbocycles. The van der Waals surface area contributed by atoms with Gasteiger partial charge in [0.2, 0.25) is 0 Å². The fourth-order valence-corrected chi connectivity index (χ4v) is 4.23. The van der Waals surface area contributed by atoms with E-state index in [1.165, 1.54) is 11.0 Å². The van der Waals surface area contributed by atoms with E-state index in [4.69, 9.17) is 0 Å². The van der Waals surface area contributed by atoms with Crippen LogP contribution >= 0.6 is 12.4 Å². The number of rotatable bonds is 2. The monoisotopic (exact) mass is 415 g/mol. The number of hydrogen-bond donors (Lipinski definition) is 4. The molecule has 0 unspecified atom stereocenters. The van der Waals surface area contributed by atoms with Crippen LogP contribution in [0.5, 0.6) is 0 Å². The molecule has 4 heterocycles. The number of fused-ring (bicyclic) bond motifs is 2. The summed E-state index contributed by atoms with van der Waals surface area (Å²) >= 11 is 0. The lowest BCUT2D eigenvalue weighted by molar-refractivity contribution is 0.0833. The van der Waals surface area contributed by atoms with Gasteiger partial charge in [-0.05, 0) is 50.3 Å². The highest BCUT2D eigenvalue weighted by Gasteiger charge is 2.40. The van der Waals surface area contributed by atoms with Crippen LogP contribution in [0.25, 0.3) is 11.0 Å². The maximum absolute atomic E-state index is 13.2. The smallest absolute Gasteiger partial charge is 0.293 e. The maximum atomic E-state index is 13.2. The first-order chi connectivity index (χ1) is 13.6. The molecule has 0 saturated heterocycles. The number of aryl methyl sites for hydroxylation is 1. The van der Waals surface area contributed by atoms with Crippen molar-refractivity contribution in [2.24, 2.45) is 0 Å². The lowest BCUT2D eigenvalue weighted by Crippen LogP contribution is -2.64. The zero-order valence-corrected chi connectivity index (χ0v) is 16.7. The fraction of sp³-hybridized carbons (Fsp3) is 0.368. The normalized spacial score (nSPS) is 17.2. The number of aromatic nitrogens is 4. The summed E-state index contributed by atoms with van der Waals surface area (Å²) in [6.07, 6.45) is 7.98. The molecule has 1 aliphatic heterocycles. The summed E-state index contributed by atoms with van der Waals surface area (Å²) in [6.45, 7) is 1.82. The van der Waals surface area contributed by atoms with Gasteiger partial charge >= 0.3 is 0 Å². The summed E-state index contributed by atoms with van der Waals surface area (Å²) < 4.78 is 1.40. The molecule has 0 bridgehead atoms. The standard InChI is InChI=1S/C19H21N7O2.ClH/c1-11-9-13(23-16-12-5-8-20-15(12)21-10-22-16)18(28)26-14(11)17(27)24-19(25-26)6-3-2-4-7-19;/h5,8-10,25H,2-4,6-7H2,1H3,(H,24,27)(H2,20,21,22,23);1H. The SMILES string of the molecule is Cc1cc(Nc2ncnc3[nH]ccc23)c(=O)n2c1C(=O)NC1(CCCCC1)N2.Cl. The van der Waals surface area contributed by atoms with Gasteiger partial charge in [-0.1, -0.05) is 6.42 Å². The molecule has 4 N–H and O–H groups in total. The highest BCUT2D eigenvalue weighted by molar-refractivity contribution is 5.96. The highest BCUT2D eigenvalue weighted by Crippen LogP contribution is 2.30. The van der Waals surface area contributed by atoms with Gasteiger partial charge in [-0.3, -0.25) is 15.0 Å². The lowest BCUT2D eigenvalue weighted by atomic mass is 9.88. The Balaban J connectivity index is 0.00000205. The first kappa shape index (κ1) is 19.3. The van der Waals surface area contributed by atoms with Crippen LogP contribution in [0.4, 0.5) is 11.5 Å². The van der Waals surface area contributed by atoms with Gasteiger partial charge in [-0.2, -0.15) is 0 Å². The first-order valence-corrected chi connectivity index (χ1v) is 9.49. The Morgan fingerprint density at radius 3 is 2.76 bits per heavy atom. The number of pyridine rings is 1. The molecule has 5 rings (SSSR count). The Morgan fingerprint density at radius 2 is 1.97 bits per heavy atom. The highest BCUT2D eigenvalue weighted by atomic mass is 35.5. The molecule has 0 aromatic carbocycles. The van der Waals surface area contributed by atoms with Gasteiger partial charge in [0.1, 0.15) is 34.8 Å². The van der Waals surface area contributed by atoms with Crippen LogP contribution in [0.1, 0.15) is 48.2 Å². The number of H-pyrrole nitrogens is 1. The molecule has 1 amide bonds. The third-order valence-electron chi connectivity index (χ3n) is 5.60. The van der Waals surface area contributed by atoms with Gasteiger partial charge in [-0.15, -0.1) is 12.4 Å². The van der Waals surface area contributed by atoms with Crippen molar-refractivity contribution in [3.63, 3.8) is 0 Å². The Morgan fingerprint density at radius 1 is 1.17 bits per heavy atom. The van der Waals surface area contributed by atoms with Gasteiger partial charge < -0.3 is 15.6 Å². The van der Waals surface area contributed by atoms with Gasteiger partial charge in [0, 0.05) is 6.20 Å². The Labute approximate surface area is 172 Å². The summed E-state index contributed by atoms with van der Waals surface area (Å²) in [5, 5.41) is 7.00. The van der Waals surface area contributed by atoms with Crippen molar-refractivity contribution in [3.8, 4) is 0 Å². The second-order valence-electron chi connectivity index (χ2n) is 7.53. The molecule has 3 aromatic heterocycles. The molecular weight excluding hydrogens is 394 g/mol. The fourth-order valence-electron chi connectivity index (χ4n) is 4.23. The summed E-state index contributed by atoms with van der Waals surface area (Å²) in [6, 6.07) is 3.54. The van der Waals surface area contributed by atoms with Gasteiger partial charge in [-0.25, -0.2) is 14.6 Å². The quantitative estimate of drug-likeness (QED) is 0.511. The van der Waals surface area contributed by atoms with E-state index in [2.05, 4.69) is 31.0 Å². The number of nitrogens with one attached hydrogen (secondary N) is 4. The van der Waals surface area contributed by atoms with Crippen molar-refractivity contribution in [3.05, 3.63) is 46.3 Å². The van der Waals surface area contributed by atoms with Crippen molar-refractivity contribution in [2.75, 3.05) is 10.7 Å². The molecular formula is C19H22ClN7O2. The average molecular weight is 416 g/mol. The van der Waals surface area contributed by atoms with Crippen LogP contribution in [0.2, 0.25) is 0 Å². The lowest BCUT2D eigenvalue weighted by Gasteiger charge is -2.43. The second kappa shape index (κ2) is 7.07. The molecule has 9 nitrogen and oxygen atoms in total. The number of anilines is 2. The summed E-state index contributed by atoms with van der Waals surface area (Å²) in [4.78, 5) is 37.5. The predicted molar refractivity (Wildman–Crippen MR) is 113 cm³/mol. The van der Waals surface area contributed by atoms with E-state index in [0.29, 0.717) is 28.4 Å². The molecule has 0 atom stereocenters. The van der Waals surface area contributed by atoms with Crippen LogP contribution in [0, 0.1) is 6.92 Å². The Hall–Kier alpha value is -3.07. The van der Waals surface area contributed by atoms with E-state index in [1.807, 2.05) is 13.0 Å². The van der Waals surface area contributed by atoms with Crippen molar-refractivity contribution < 1.29 is 4.79 Å². The van der Waals surface area contributed by atoms with E-state index in [1.54, 1.807) is 12.3 Å². The first-order valence-electron chi connectivity index (χ1n) is 9.49. The van der Waals surface area contributed by atoms with E-state index in [-0.39, 0.29) is 23.9 Å². The number of hydrogen-bond acceptors (Lipinski definition) is 6. The average Bonchev–Trinajstić information content (AvgIpc) is 3.16. The van der Waals surface area contributed by atoms with E-state index >= 15 is 0 Å². The van der Waals surface area contributed by atoms with Crippen molar-refractivity contribution >= 4 is 40.9 Å². The number of nitrogens with zero attached hydrogens (tertiary/aromatic N) is 3. The zero-order chi connectivity index (χ0) is 19.3. The topological polar surface area (TPSA) is 117 Å². The molecule has 29 heavy (non-hydrogen) atoms. The molecule has 0 radical (unpaired) electrons. The number of carbonyl (C=O) groups is 1. The van der Waals surface area contributed by atoms with Gasteiger partial charge in [0.25, 0.3) is 11.5 Å².